The van der Waals surface area contributed by atoms with E-state index in [0.29, 0.717) is 13.1 Å². The Kier molecular flexibility index (Phi) is 3.93. The van der Waals surface area contributed by atoms with Crippen LogP contribution in [0, 0.1) is 18.3 Å². The van der Waals surface area contributed by atoms with E-state index in [4.69, 9.17) is 5.11 Å². The number of nitrogens with zero attached hydrogens (tertiary/aromatic N) is 1. The summed E-state index contributed by atoms with van der Waals surface area (Å²) >= 11 is 1.63. The van der Waals surface area contributed by atoms with E-state index in [1.807, 2.05) is 36.3 Å². The van der Waals surface area contributed by atoms with Gasteiger partial charge in [0.1, 0.15) is 0 Å². The van der Waals surface area contributed by atoms with Crippen molar-refractivity contribution in [1.82, 2.24) is 4.90 Å². The van der Waals surface area contributed by atoms with E-state index in [9.17, 15) is 9.59 Å². The molecule has 1 aromatic carbocycles. The fraction of sp³-hybridized carbons (Fsp3) is 0.529. The number of rotatable bonds is 3. The predicted molar refractivity (Wildman–Crippen MR) is 86.3 cm³/mol. The second-order valence-corrected chi connectivity index (χ2v) is 7.31. The van der Waals surface area contributed by atoms with Gasteiger partial charge in [0.15, 0.2) is 0 Å². The van der Waals surface area contributed by atoms with Crippen molar-refractivity contribution in [2.24, 2.45) is 11.3 Å². The first-order valence-electron chi connectivity index (χ1n) is 7.63. The lowest BCUT2D eigenvalue weighted by Gasteiger charge is -2.33. The topological polar surface area (TPSA) is 57.6 Å². The molecule has 1 unspecified atom stereocenters. The monoisotopic (exact) mass is 319 g/mol. The van der Waals surface area contributed by atoms with Crippen molar-refractivity contribution in [3.63, 3.8) is 0 Å². The Labute approximate surface area is 134 Å². The van der Waals surface area contributed by atoms with Crippen molar-refractivity contribution in [3.8, 4) is 0 Å². The summed E-state index contributed by atoms with van der Waals surface area (Å²) in [5.74, 6) is -0.787. The molecule has 1 N–H and O–H groups in total. The molecule has 1 aliphatic carbocycles. The first-order chi connectivity index (χ1) is 10.5. The van der Waals surface area contributed by atoms with E-state index in [0.717, 1.165) is 35.3 Å². The molecular formula is C17H21NO3S. The van der Waals surface area contributed by atoms with Crippen molar-refractivity contribution < 1.29 is 14.7 Å². The lowest BCUT2D eigenvalue weighted by molar-refractivity contribution is -0.139. The van der Waals surface area contributed by atoms with Gasteiger partial charge in [-0.15, -0.1) is 11.8 Å². The standard InChI is InChI=1S/C17H21NO3S/c1-11-3-4-12(22-2)9-13(11)15(19)18-7-5-17(6-8-18)10-14(17)16(20)21/h3-4,9,14H,5-8,10H2,1-2H3,(H,20,21). The second kappa shape index (κ2) is 5.61. The van der Waals surface area contributed by atoms with Crippen LogP contribution in [0.1, 0.15) is 35.2 Å². The maximum Gasteiger partial charge on any atom is 0.307 e. The van der Waals surface area contributed by atoms with E-state index in [-0.39, 0.29) is 17.2 Å². The number of thioether (sulfide) groups is 1. The number of carbonyl (C=O) groups is 2. The molecule has 1 heterocycles. The molecule has 0 radical (unpaired) electrons. The van der Waals surface area contributed by atoms with Crippen LogP contribution >= 0.6 is 11.8 Å². The summed E-state index contributed by atoms with van der Waals surface area (Å²) < 4.78 is 0. The smallest absolute Gasteiger partial charge is 0.307 e. The molecule has 2 aliphatic rings. The molecule has 0 bridgehead atoms. The van der Waals surface area contributed by atoms with Gasteiger partial charge in [-0.25, -0.2) is 0 Å². The minimum atomic E-state index is -0.678. The zero-order chi connectivity index (χ0) is 15.9. The lowest BCUT2D eigenvalue weighted by atomic mass is 9.90. The molecule has 1 saturated heterocycles. The average Bonchev–Trinajstić information content (AvgIpc) is 3.22. The number of carboxylic acid groups (broad SMARTS) is 1. The van der Waals surface area contributed by atoms with Gasteiger partial charge in [0.2, 0.25) is 0 Å². The third kappa shape index (κ3) is 2.62. The molecule has 1 amide bonds. The van der Waals surface area contributed by atoms with Gasteiger partial charge in [-0.2, -0.15) is 0 Å². The lowest BCUT2D eigenvalue weighted by Crippen LogP contribution is -2.40. The molecule has 1 aliphatic heterocycles. The number of benzene rings is 1. The molecule has 5 heteroatoms. The maximum atomic E-state index is 12.7. The van der Waals surface area contributed by atoms with Crippen LogP contribution in [-0.4, -0.2) is 41.2 Å². The van der Waals surface area contributed by atoms with Crippen LogP contribution in [0.2, 0.25) is 0 Å². The molecule has 22 heavy (non-hydrogen) atoms. The average molecular weight is 319 g/mol. The van der Waals surface area contributed by atoms with Crippen molar-refractivity contribution in [2.45, 2.75) is 31.1 Å². The van der Waals surface area contributed by atoms with Gasteiger partial charge >= 0.3 is 5.97 Å². The first kappa shape index (κ1) is 15.4. The molecule has 1 atom stereocenters. The number of aliphatic carboxylic acids is 1. The van der Waals surface area contributed by atoms with Gasteiger partial charge in [-0.3, -0.25) is 9.59 Å². The summed E-state index contributed by atoms with van der Waals surface area (Å²) in [4.78, 5) is 26.8. The van der Waals surface area contributed by atoms with Gasteiger partial charge < -0.3 is 10.0 Å². The second-order valence-electron chi connectivity index (χ2n) is 6.43. The molecule has 1 spiro atoms. The molecular weight excluding hydrogens is 298 g/mol. The van der Waals surface area contributed by atoms with Crippen LogP contribution in [0.25, 0.3) is 0 Å². The van der Waals surface area contributed by atoms with Gasteiger partial charge in [0.25, 0.3) is 5.91 Å². The van der Waals surface area contributed by atoms with E-state index in [1.165, 1.54) is 0 Å². The highest BCUT2D eigenvalue weighted by atomic mass is 32.2. The Hall–Kier alpha value is -1.49. The van der Waals surface area contributed by atoms with Crippen molar-refractivity contribution in [1.29, 1.82) is 0 Å². The van der Waals surface area contributed by atoms with Gasteiger partial charge in [-0.1, -0.05) is 6.07 Å². The highest BCUT2D eigenvalue weighted by molar-refractivity contribution is 7.98. The number of hydrogen-bond donors (Lipinski definition) is 1. The summed E-state index contributed by atoms with van der Waals surface area (Å²) in [6.45, 7) is 3.31. The van der Waals surface area contributed by atoms with Crippen LogP contribution < -0.4 is 0 Å². The molecule has 1 saturated carbocycles. The number of amides is 1. The molecule has 4 nitrogen and oxygen atoms in total. The van der Waals surface area contributed by atoms with Crippen LogP contribution in [0.4, 0.5) is 0 Å². The van der Waals surface area contributed by atoms with Crippen LogP contribution in [0.3, 0.4) is 0 Å². The summed E-state index contributed by atoms with van der Waals surface area (Å²) in [5.41, 5.74) is 1.74. The van der Waals surface area contributed by atoms with E-state index in [2.05, 4.69) is 0 Å². The first-order valence-corrected chi connectivity index (χ1v) is 8.86. The quantitative estimate of drug-likeness (QED) is 0.870. The summed E-state index contributed by atoms with van der Waals surface area (Å²) in [7, 11) is 0. The minimum absolute atomic E-state index is 0.0290. The number of carbonyl (C=O) groups excluding carboxylic acids is 1. The Morgan fingerprint density at radius 2 is 2.00 bits per heavy atom. The van der Waals surface area contributed by atoms with E-state index < -0.39 is 5.97 Å². The fourth-order valence-electron chi connectivity index (χ4n) is 3.53. The summed E-state index contributed by atoms with van der Waals surface area (Å²) in [5, 5.41) is 9.14. The largest absolute Gasteiger partial charge is 0.481 e. The summed E-state index contributed by atoms with van der Waals surface area (Å²) in [6.07, 6.45) is 4.42. The van der Waals surface area contributed by atoms with Crippen LogP contribution in [-0.2, 0) is 4.79 Å². The molecule has 118 valence electrons. The highest BCUT2D eigenvalue weighted by Crippen LogP contribution is 2.59. The molecule has 0 aromatic heterocycles. The minimum Gasteiger partial charge on any atom is -0.481 e. The predicted octanol–water partition coefficient (Wildman–Crippen LogP) is 3.04. The van der Waals surface area contributed by atoms with E-state index >= 15 is 0 Å². The van der Waals surface area contributed by atoms with E-state index in [1.54, 1.807) is 11.8 Å². The Balaban J connectivity index is 1.69. The zero-order valence-electron chi connectivity index (χ0n) is 13.0. The fourth-order valence-corrected chi connectivity index (χ4v) is 3.97. The zero-order valence-corrected chi connectivity index (χ0v) is 13.8. The van der Waals surface area contributed by atoms with Crippen molar-refractivity contribution >= 4 is 23.6 Å². The van der Waals surface area contributed by atoms with Gasteiger partial charge in [0, 0.05) is 23.5 Å². The molecule has 3 rings (SSSR count). The van der Waals surface area contributed by atoms with Gasteiger partial charge in [0.05, 0.1) is 5.92 Å². The van der Waals surface area contributed by atoms with Crippen molar-refractivity contribution in [2.75, 3.05) is 19.3 Å². The number of aryl methyl sites for hydroxylation is 1. The van der Waals surface area contributed by atoms with Crippen LogP contribution in [0.5, 0.6) is 0 Å². The third-order valence-corrected chi connectivity index (χ3v) is 5.93. The number of likely N-dealkylation sites (tertiary alicyclic amines) is 1. The third-order valence-electron chi connectivity index (χ3n) is 5.21. The SMILES string of the molecule is CSc1ccc(C)c(C(=O)N2CCC3(CC2)CC3C(=O)O)c1. The number of piperidine rings is 1. The maximum absolute atomic E-state index is 12.7. The molecule has 1 aromatic rings. The van der Waals surface area contributed by atoms with Crippen LogP contribution in [0.15, 0.2) is 23.1 Å². The molecule has 2 fully saturated rings. The number of hydrogen-bond acceptors (Lipinski definition) is 3. The highest BCUT2D eigenvalue weighted by Gasteiger charge is 2.59. The Morgan fingerprint density at radius 1 is 1.32 bits per heavy atom. The summed E-state index contributed by atoms with van der Waals surface area (Å²) in [6, 6.07) is 5.99. The van der Waals surface area contributed by atoms with Crippen molar-refractivity contribution in [3.05, 3.63) is 29.3 Å². The Bertz CT molecular complexity index is 620. The van der Waals surface area contributed by atoms with Gasteiger partial charge in [-0.05, 0) is 55.6 Å². The normalized spacial score (nSPS) is 22.6. The number of carboxylic acids is 1. The Morgan fingerprint density at radius 3 is 2.55 bits per heavy atom.